The summed E-state index contributed by atoms with van der Waals surface area (Å²) in [6.45, 7) is 7.82. The van der Waals surface area contributed by atoms with Gasteiger partial charge in [-0.25, -0.2) is 0 Å². The lowest BCUT2D eigenvalue weighted by molar-refractivity contribution is -0.117. The molecule has 0 N–H and O–H groups in total. The van der Waals surface area contributed by atoms with E-state index >= 15 is 0 Å². The Morgan fingerprint density at radius 2 is 1.69 bits per heavy atom. The lowest BCUT2D eigenvalue weighted by Gasteiger charge is -2.05. The third kappa shape index (κ3) is 4.43. The maximum absolute atomic E-state index is 10.8. The Balaban J connectivity index is 2.35. The van der Waals surface area contributed by atoms with Gasteiger partial charge in [0.1, 0.15) is 5.78 Å². The van der Waals surface area contributed by atoms with Crippen molar-refractivity contribution in [1.82, 2.24) is 0 Å². The van der Waals surface area contributed by atoms with Gasteiger partial charge in [0.05, 0.1) is 0 Å². The van der Waals surface area contributed by atoms with Crippen LogP contribution in [-0.4, -0.2) is 5.78 Å². The minimum absolute atomic E-state index is 0.279. The Morgan fingerprint density at radius 3 is 2.25 bits per heavy atom. The van der Waals surface area contributed by atoms with Crippen molar-refractivity contribution in [1.29, 1.82) is 0 Å². The fourth-order valence-corrected chi connectivity index (χ4v) is 1.65. The van der Waals surface area contributed by atoms with E-state index in [0.29, 0.717) is 6.42 Å². The largest absolute Gasteiger partial charge is 0.300 e. The first kappa shape index (κ1) is 12.7. The van der Waals surface area contributed by atoms with Crippen LogP contribution < -0.4 is 0 Å². The molecule has 16 heavy (non-hydrogen) atoms. The van der Waals surface area contributed by atoms with Crippen LogP contribution in [0, 0.1) is 6.92 Å². The highest BCUT2D eigenvalue weighted by atomic mass is 16.1. The fraction of sp³-hybridized carbons (Fsp3) is 0.400. The number of aryl methyl sites for hydroxylation is 1. The molecule has 0 spiro atoms. The van der Waals surface area contributed by atoms with Gasteiger partial charge < -0.3 is 4.79 Å². The van der Waals surface area contributed by atoms with Crippen LogP contribution in [0.1, 0.15) is 43.7 Å². The predicted molar refractivity (Wildman–Crippen MR) is 69.4 cm³/mol. The second-order valence-electron chi connectivity index (χ2n) is 4.38. The number of carbonyl (C=O) groups is 1. The molecule has 1 rings (SSSR count). The number of hydrogen-bond donors (Lipinski definition) is 0. The Morgan fingerprint density at radius 1 is 1.12 bits per heavy atom. The van der Waals surface area contributed by atoms with Crippen LogP contribution in [0.5, 0.6) is 0 Å². The third-order valence-electron chi connectivity index (χ3n) is 2.72. The lowest BCUT2D eigenvalue weighted by atomic mass is 10.00. The van der Waals surface area contributed by atoms with Crippen molar-refractivity contribution in [2.24, 2.45) is 0 Å². The van der Waals surface area contributed by atoms with Gasteiger partial charge in [-0.1, -0.05) is 36.4 Å². The van der Waals surface area contributed by atoms with Crippen molar-refractivity contribution in [2.45, 2.75) is 39.5 Å². The van der Waals surface area contributed by atoms with Crippen molar-refractivity contribution in [3.8, 4) is 0 Å². The zero-order chi connectivity index (χ0) is 12.0. The van der Waals surface area contributed by atoms with Gasteiger partial charge in [0.25, 0.3) is 0 Å². The number of benzene rings is 1. The van der Waals surface area contributed by atoms with Crippen LogP contribution in [0.3, 0.4) is 0 Å². The molecule has 0 heterocycles. The number of hydrogen-bond acceptors (Lipinski definition) is 1. The van der Waals surface area contributed by atoms with Gasteiger partial charge in [0.15, 0.2) is 0 Å². The van der Waals surface area contributed by atoms with Crippen molar-refractivity contribution in [3.63, 3.8) is 0 Å². The topological polar surface area (TPSA) is 17.1 Å². The molecular formula is C15H20O. The van der Waals surface area contributed by atoms with E-state index in [9.17, 15) is 4.79 Å². The van der Waals surface area contributed by atoms with Crippen LogP contribution >= 0.6 is 0 Å². The van der Waals surface area contributed by atoms with Gasteiger partial charge in [0, 0.05) is 6.42 Å². The smallest absolute Gasteiger partial charge is 0.129 e. The number of rotatable bonds is 6. The summed E-state index contributed by atoms with van der Waals surface area (Å²) >= 11 is 0. The Labute approximate surface area is 98.2 Å². The second-order valence-corrected chi connectivity index (χ2v) is 4.38. The average molecular weight is 216 g/mol. The first-order valence-electron chi connectivity index (χ1n) is 5.84. The molecule has 0 bridgehead atoms. The van der Waals surface area contributed by atoms with E-state index in [-0.39, 0.29) is 5.78 Å². The van der Waals surface area contributed by atoms with E-state index in [1.807, 2.05) is 0 Å². The summed E-state index contributed by atoms with van der Waals surface area (Å²) in [6.07, 6.45) is 3.70. The molecule has 0 aliphatic carbocycles. The molecule has 0 aromatic heterocycles. The number of unbranched alkanes of at least 4 members (excludes halogenated alkanes) is 1. The average Bonchev–Trinajstić information content (AvgIpc) is 2.25. The zero-order valence-electron chi connectivity index (χ0n) is 10.3. The van der Waals surface area contributed by atoms with Gasteiger partial charge in [-0.05, 0) is 44.2 Å². The van der Waals surface area contributed by atoms with Gasteiger partial charge >= 0.3 is 0 Å². The molecule has 0 saturated carbocycles. The quantitative estimate of drug-likeness (QED) is 0.653. The Hall–Kier alpha value is -1.37. The van der Waals surface area contributed by atoms with Crippen LogP contribution in [-0.2, 0) is 4.79 Å². The fourth-order valence-electron chi connectivity index (χ4n) is 1.65. The molecule has 1 aromatic carbocycles. The van der Waals surface area contributed by atoms with Crippen molar-refractivity contribution < 1.29 is 4.79 Å². The normalized spacial score (nSPS) is 10.1. The highest BCUT2D eigenvalue weighted by Crippen LogP contribution is 2.19. The van der Waals surface area contributed by atoms with Gasteiger partial charge in [0.2, 0.25) is 0 Å². The molecule has 0 fully saturated rings. The molecule has 86 valence electrons. The standard InChI is InChI=1S/C15H20O/c1-12-8-10-15(11-9-12)13(2)6-4-5-7-14(3)16/h8-11H,2,4-7H2,1,3H3. The van der Waals surface area contributed by atoms with Crippen LogP contribution in [0.2, 0.25) is 0 Å². The van der Waals surface area contributed by atoms with E-state index in [0.717, 1.165) is 19.3 Å². The minimum Gasteiger partial charge on any atom is -0.300 e. The summed E-state index contributed by atoms with van der Waals surface area (Å²) in [5.74, 6) is 0.279. The van der Waals surface area contributed by atoms with E-state index in [1.54, 1.807) is 6.92 Å². The number of carbonyl (C=O) groups excluding carboxylic acids is 1. The molecule has 0 aliphatic heterocycles. The monoisotopic (exact) mass is 216 g/mol. The van der Waals surface area contributed by atoms with E-state index in [1.165, 1.54) is 16.7 Å². The highest BCUT2D eigenvalue weighted by molar-refractivity contribution is 5.75. The molecule has 0 radical (unpaired) electrons. The highest BCUT2D eigenvalue weighted by Gasteiger charge is 1.99. The number of allylic oxidation sites excluding steroid dienone is 1. The molecule has 0 amide bonds. The Kier molecular flexibility index (Phi) is 4.97. The van der Waals surface area contributed by atoms with E-state index in [4.69, 9.17) is 0 Å². The predicted octanol–water partition coefficient (Wildman–Crippen LogP) is 4.16. The van der Waals surface area contributed by atoms with Crippen molar-refractivity contribution in [3.05, 3.63) is 42.0 Å². The van der Waals surface area contributed by atoms with Crippen molar-refractivity contribution in [2.75, 3.05) is 0 Å². The number of ketones is 1. The molecule has 1 aromatic rings. The van der Waals surface area contributed by atoms with E-state index < -0.39 is 0 Å². The maximum atomic E-state index is 10.8. The lowest BCUT2D eigenvalue weighted by Crippen LogP contribution is -1.90. The van der Waals surface area contributed by atoms with Gasteiger partial charge in [-0.3, -0.25) is 0 Å². The molecule has 1 heteroatoms. The summed E-state index contributed by atoms with van der Waals surface area (Å²) in [6, 6.07) is 8.44. The maximum Gasteiger partial charge on any atom is 0.129 e. The second kappa shape index (κ2) is 6.26. The van der Waals surface area contributed by atoms with Gasteiger partial charge in [-0.15, -0.1) is 0 Å². The first-order valence-corrected chi connectivity index (χ1v) is 5.84. The molecule has 0 saturated heterocycles. The third-order valence-corrected chi connectivity index (χ3v) is 2.72. The SMILES string of the molecule is C=C(CCCCC(C)=O)c1ccc(C)cc1. The van der Waals surface area contributed by atoms with Crippen LogP contribution in [0.4, 0.5) is 0 Å². The summed E-state index contributed by atoms with van der Waals surface area (Å²) in [5, 5.41) is 0. The summed E-state index contributed by atoms with van der Waals surface area (Å²) in [7, 11) is 0. The van der Waals surface area contributed by atoms with E-state index in [2.05, 4.69) is 37.8 Å². The molecule has 1 nitrogen and oxygen atoms in total. The van der Waals surface area contributed by atoms with Gasteiger partial charge in [-0.2, -0.15) is 0 Å². The summed E-state index contributed by atoms with van der Waals surface area (Å²) < 4.78 is 0. The minimum atomic E-state index is 0.279. The molecule has 0 aliphatic rings. The number of Topliss-reactive ketones (excluding diaryl/α,β-unsaturated/α-hetero) is 1. The first-order chi connectivity index (χ1) is 7.59. The summed E-state index contributed by atoms with van der Waals surface area (Å²) in [5.41, 5.74) is 3.66. The van der Waals surface area contributed by atoms with Crippen LogP contribution in [0.25, 0.3) is 5.57 Å². The summed E-state index contributed by atoms with van der Waals surface area (Å²) in [4.78, 5) is 10.8. The van der Waals surface area contributed by atoms with Crippen molar-refractivity contribution >= 4 is 11.4 Å². The van der Waals surface area contributed by atoms with Crippen LogP contribution in [0.15, 0.2) is 30.8 Å². The molecular weight excluding hydrogens is 196 g/mol. The Bertz CT molecular complexity index is 360. The molecule has 0 atom stereocenters. The zero-order valence-corrected chi connectivity index (χ0v) is 10.3. The molecule has 0 unspecified atom stereocenters.